The van der Waals surface area contributed by atoms with E-state index in [-0.39, 0.29) is 30.1 Å². The molecule has 0 aliphatic rings. The topological polar surface area (TPSA) is 153 Å². The number of nitrogens with two attached hydrogens (primary N) is 3. The van der Waals surface area contributed by atoms with E-state index < -0.39 is 5.91 Å². The van der Waals surface area contributed by atoms with Crippen molar-refractivity contribution in [2.75, 3.05) is 0 Å². The average Bonchev–Trinajstić information content (AvgIpc) is 2.33. The van der Waals surface area contributed by atoms with Gasteiger partial charge < -0.3 is 17.2 Å². The van der Waals surface area contributed by atoms with E-state index in [0.29, 0.717) is 19.3 Å². The second-order valence-corrected chi connectivity index (χ2v) is 4.31. The Balaban J connectivity index is 0. The number of hydrogen-bond donors (Lipinski definition) is 3. The van der Waals surface area contributed by atoms with Crippen LogP contribution in [0.3, 0.4) is 0 Å². The number of amides is 3. The maximum absolute atomic E-state index is 10.4. The Hall–Kier alpha value is -2.10. The summed E-state index contributed by atoms with van der Waals surface area (Å²) in [6, 6.07) is 1.95. The molecule has 6 N–H and O–H groups in total. The van der Waals surface area contributed by atoms with Crippen molar-refractivity contribution in [2.24, 2.45) is 29.0 Å². The lowest BCUT2D eigenvalue weighted by atomic mass is 10.1. The Morgan fingerprint density at radius 2 is 1.42 bits per heavy atom. The summed E-state index contributed by atoms with van der Waals surface area (Å²) in [7, 11) is 0. The fraction of sp³-hybridized carbons (Fsp3) is 0.667. The highest BCUT2D eigenvalue weighted by Gasteiger charge is 2.08. The van der Waals surface area contributed by atoms with E-state index in [0.717, 1.165) is 0 Å². The van der Waals surface area contributed by atoms with Gasteiger partial charge in [-0.1, -0.05) is 13.8 Å². The van der Waals surface area contributed by atoms with Gasteiger partial charge in [0.1, 0.15) is 0 Å². The molecule has 19 heavy (non-hydrogen) atoms. The molecule has 0 fully saturated rings. The van der Waals surface area contributed by atoms with Crippen molar-refractivity contribution >= 4 is 17.7 Å². The molecule has 2 unspecified atom stereocenters. The van der Waals surface area contributed by atoms with Crippen LogP contribution in [0.1, 0.15) is 39.5 Å². The van der Waals surface area contributed by atoms with Gasteiger partial charge in [0.2, 0.25) is 17.7 Å². The van der Waals surface area contributed by atoms with Gasteiger partial charge in [0.25, 0.3) is 0 Å². The first-order valence-electron chi connectivity index (χ1n) is 5.96. The van der Waals surface area contributed by atoms with Crippen LogP contribution in [-0.2, 0) is 14.4 Å². The number of carbonyl (C=O) groups excluding carboxylic acids is 3. The van der Waals surface area contributed by atoms with Crippen molar-refractivity contribution < 1.29 is 14.4 Å². The van der Waals surface area contributed by atoms with E-state index in [1.54, 1.807) is 13.8 Å². The number of primary amides is 3. The molecule has 0 saturated heterocycles. The molecule has 2 atom stereocenters. The number of hydrogen-bond acceptors (Lipinski definition) is 4. The van der Waals surface area contributed by atoms with Gasteiger partial charge in [0.05, 0.1) is 6.07 Å². The monoisotopic (exact) mass is 270 g/mol. The molecule has 108 valence electrons. The largest absolute Gasteiger partial charge is 0.370 e. The Bertz CT molecular complexity index is 349. The van der Waals surface area contributed by atoms with Crippen molar-refractivity contribution in [3.8, 4) is 6.07 Å². The van der Waals surface area contributed by atoms with Crippen molar-refractivity contribution in [1.29, 1.82) is 5.26 Å². The fourth-order valence-electron chi connectivity index (χ4n) is 0.924. The molecule has 0 bridgehead atoms. The summed E-state index contributed by atoms with van der Waals surface area (Å²) in [6.45, 7) is 3.39. The molecule has 0 radical (unpaired) electrons. The predicted octanol–water partition coefficient (Wildman–Crippen LogP) is -0.215. The lowest BCUT2D eigenvalue weighted by molar-refractivity contribution is -0.123. The van der Waals surface area contributed by atoms with Crippen LogP contribution in [0.4, 0.5) is 0 Å². The second-order valence-electron chi connectivity index (χ2n) is 4.31. The van der Waals surface area contributed by atoms with Crippen LogP contribution in [0.5, 0.6) is 0 Å². The summed E-state index contributed by atoms with van der Waals surface area (Å²) in [4.78, 5) is 30.9. The van der Waals surface area contributed by atoms with Crippen molar-refractivity contribution in [1.82, 2.24) is 0 Å². The zero-order chi connectivity index (χ0) is 15.4. The Morgan fingerprint density at radius 3 is 1.74 bits per heavy atom. The first-order valence-corrected chi connectivity index (χ1v) is 5.96. The summed E-state index contributed by atoms with van der Waals surface area (Å²) < 4.78 is 0. The van der Waals surface area contributed by atoms with E-state index in [2.05, 4.69) is 0 Å². The maximum Gasteiger partial charge on any atom is 0.220 e. The Labute approximate surface area is 113 Å². The zero-order valence-corrected chi connectivity index (χ0v) is 11.4. The molecule has 0 saturated carbocycles. The number of nitriles is 1. The smallest absolute Gasteiger partial charge is 0.220 e. The minimum Gasteiger partial charge on any atom is -0.370 e. The Kier molecular flexibility index (Phi) is 11.2. The number of carbonyl (C=O) groups is 3. The highest BCUT2D eigenvalue weighted by molar-refractivity contribution is 5.78. The zero-order valence-electron chi connectivity index (χ0n) is 11.4. The quantitative estimate of drug-likeness (QED) is 0.585. The summed E-state index contributed by atoms with van der Waals surface area (Å²) in [5.74, 6) is -1.53. The molecule has 0 heterocycles. The highest BCUT2D eigenvalue weighted by Crippen LogP contribution is 2.03. The van der Waals surface area contributed by atoms with E-state index in [4.69, 9.17) is 22.5 Å². The predicted molar refractivity (Wildman–Crippen MR) is 70.0 cm³/mol. The average molecular weight is 270 g/mol. The molecular weight excluding hydrogens is 248 g/mol. The molecule has 0 spiro atoms. The SMILES string of the molecule is CC(CCC#N)C(N)=O.CC(CCC(N)=O)C(N)=O. The molecule has 0 aliphatic carbocycles. The summed E-state index contributed by atoms with van der Waals surface area (Å²) in [6.07, 6.45) is 1.66. The molecule has 7 heteroatoms. The third-order valence-electron chi connectivity index (χ3n) is 2.48. The molecule has 0 aromatic heterocycles. The van der Waals surface area contributed by atoms with Gasteiger partial charge in [-0.3, -0.25) is 14.4 Å². The van der Waals surface area contributed by atoms with Crippen LogP contribution >= 0.6 is 0 Å². The summed E-state index contributed by atoms with van der Waals surface area (Å²) in [5.41, 5.74) is 14.7. The van der Waals surface area contributed by atoms with Crippen molar-refractivity contribution in [3.05, 3.63) is 0 Å². The van der Waals surface area contributed by atoms with Gasteiger partial charge in [0.15, 0.2) is 0 Å². The van der Waals surface area contributed by atoms with Gasteiger partial charge in [-0.15, -0.1) is 0 Å². The molecule has 7 nitrogen and oxygen atoms in total. The highest BCUT2D eigenvalue weighted by atomic mass is 16.2. The lowest BCUT2D eigenvalue weighted by Crippen LogP contribution is -2.22. The second kappa shape index (κ2) is 11.0. The molecular formula is C12H22N4O3. The summed E-state index contributed by atoms with van der Waals surface area (Å²) >= 11 is 0. The Morgan fingerprint density at radius 1 is 1.00 bits per heavy atom. The molecule has 0 rings (SSSR count). The van der Waals surface area contributed by atoms with Crippen molar-refractivity contribution in [3.63, 3.8) is 0 Å². The first kappa shape index (κ1) is 19.2. The molecule has 0 aromatic rings. The van der Waals surface area contributed by atoms with Crippen LogP contribution in [0.15, 0.2) is 0 Å². The fourth-order valence-corrected chi connectivity index (χ4v) is 0.924. The number of rotatable bonds is 7. The minimum atomic E-state index is -0.395. The maximum atomic E-state index is 10.4. The van der Waals surface area contributed by atoms with Crippen LogP contribution < -0.4 is 17.2 Å². The lowest BCUT2D eigenvalue weighted by Gasteiger charge is -2.02. The first-order chi connectivity index (χ1) is 8.72. The van der Waals surface area contributed by atoms with E-state index in [1.165, 1.54) is 0 Å². The van der Waals surface area contributed by atoms with Crippen LogP contribution in [0.2, 0.25) is 0 Å². The van der Waals surface area contributed by atoms with Gasteiger partial charge in [0, 0.05) is 24.7 Å². The van der Waals surface area contributed by atoms with Crippen LogP contribution in [0.25, 0.3) is 0 Å². The molecule has 3 amide bonds. The van der Waals surface area contributed by atoms with E-state index in [1.807, 2.05) is 6.07 Å². The van der Waals surface area contributed by atoms with Gasteiger partial charge in [-0.2, -0.15) is 5.26 Å². The van der Waals surface area contributed by atoms with E-state index >= 15 is 0 Å². The summed E-state index contributed by atoms with van der Waals surface area (Å²) in [5, 5.41) is 8.09. The van der Waals surface area contributed by atoms with Gasteiger partial charge >= 0.3 is 0 Å². The van der Waals surface area contributed by atoms with Crippen molar-refractivity contribution in [2.45, 2.75) is 39.5 Å². The minimum absolute atomic E-state index is 0.162. The third kappa shape index (κ3) is 13.8. The van der Waals surface area contributed by atoms with Crippen LogP contribution in [0, 0.1) is 23.2 Å². The molecule has 0 aromatic carbocycles. The normalized spacial score (nSPS) is 12.3. The van der Waals surface area contributed by atoms with E-state index in [9.17, 15) is 14.4 Å². The van der Waals surface area contributed by atoms with Gasteiger partial charge in [-0.25, -0.2) is 0 Å². The standard InChI is InChI=1S/C6H12N2O2.C6H10N2O/c1-4(6(8)10)2-3-5(7)9;1-5(6(8)9)3-2-4-7/h4H,2-3H2,1H3,(H2,7,9)(H2,8,10);5H,2-3H2,1H3,(H2,8,9). The third-order valence-corrected chi connectivity index (χ3v) is 2.48. The van der Waals surface area contributed by atoms with Crippen LogP contribution in [-0.4, -0.2) is 17.7 Å². The number of nitrogens with zero attached hydrogens (tertiary/aromatic N) is 1. The van der Waals surface area contributed by atoms with Gasteiger partial charge in [-0.05, 0) is 12.8 Å². The molecule has 0 aliphatic heterocycles.